The molecule has 6 nitrogen and oxygen atoms in total. The first-order valence-electron chi connectivity index (χ1n) is 9.35. The zero-order valence-electron chi connectivity index (χ0n) is 16.4. The predicted octanol–water partition coefficient (Wildman–Crippen LogP) is 3.79. The Morgan fingerprint density at radius 1 is 1.14 bits per heavy atom. The fourth-order valence-corrected chi connectivity index (χ4v) is 4.36. The molecule has 1 amide bonds. The highest BCUT2D eigenvalue weighted by Gasteiger charge is 2.37. The monoisotopic (exact) mass is 402 g/mol. The Bertz CT molecular complexity index is 956. The molecule has 1 aliphatic heterocycles. The second kappa shape index (κ2) is 7.83. The summed E-state index contributed by atoms with van der Waals surface area (Å²) < 4.78 is 33.5. The molecule has 0 saturated heterocycles. The van der Waals surface area contributed by atoms with Gasteiger partial charge in [0.25, 0.3) is 0 Å². The second-order valence-electron chi connectivity index (χ2n) is 7.66. The minimum Gasteiger partial charge on any atom is -0.490 e. The molecule has 150 valence electrons. The molecule has 0 aliphatic carbocycles. The van der Waals surface area contributed by atoms with Gasteiger partial charge in [0.05, 0.1) is 22.5 Å². The van der Waals surface area contributed by atoms with Crippen molar-refractivity contribution in [2.75, 3.05) is 22.8 Å². The average molecular weight is 403 g/mol. The van der Waals surface area contributed by atoms with Crippen LogP contribution in [0.3, 0.4) is 0 Å². The number of hydrogen-bond acceptors (Lipinski definition) is 4. The van der Waals surface area contributed by atoms with Crippen molar-refractivity contribution in [1.29, 1.82) is 0 Å². The van der Waals surface area contributed by atoms with Crippen LogP contribution in [0.5, 0.6) is 5.75 Å². The summed E-state index contributed by atoms with van der Waals surface area (Å²) in [5, 5.41) is 0. The molecule has 0 saturated carbocycles. The van der Waals surface area contributed by atoms with Crippen molar-refractivity contribution >= 4 is 27.3 Å². The van der Waals surface area contributed by atoms with Crippen molar-refractivity contribution in [1.82, 2.24) is 0 Å². The van der Waals surface area contributed by atoms with E-state index >= 15 is 0 Å². The molecule has 2 aromatic rings. The lowest BCUT2D eigenvalue weighted by Crippen LogP contribution is -2.42. The van der Waals surface area contributed by atoms with E-state index in [9.17, 15) is 13.2 Å². The van der Waals surface area contributed by atoms with E-state index in [-0.39, 0.29) is 18.3 Å². The Morgan fingerprint density at radius 3 is 2.54 bits per heavy atom. The summed E-state index contributed by atoms with van der Waals surface area (Å²) in [5.41, 5.74) is 1.14. The minimum atomic E-state index is -3.57. The maximum absolute atomic E-state index is 12.9. The van der Waals surface area contributed by atoms with Gasteiger partial charge in [-0.15, -0.1) is 0 Å². The lowest BCUT2D eigenvalue weighted by atomic mass is 9.93. The Morgan fingerprint density at radius 2 is 1.86 bits per heavy atom. The van der Waals surface area contributed by atoms with Gasteiger partial charge in [-0.05, 0) is 38.0 Å². The van der Waals surface area contributed by atoms with E-state index in [0.717, 1.165) is 6.42 Å². The van der Waals surface area contributed by atoms with Crippen LogP contribution < -0.4 is 14.4 Å². The number of amides is 1. The maximum atomic E-state index is 12.9. The number of anilines is 2. The third-order valence-electron chi connectivity index (χ3n) is 4.58. The normalized spacial score (nSPS) is 16.1. The topological polar surface area (TPSA) is 75.7 Å². The van der Waals surface area contributed by atoms with Crippen LogP contribution >= 0.6 is 0 Å². The molecule has 0 aromatic heterocycles. The molecule has 0 bridgehead atoms. The number of ether oxygens (including phenoxy) is 1. The van der Waals surface area contributed by atoms with Gasteiger partial charge >= 0.3 is 0 Å². The first-order valence-corrected chi connectivity index (χ1v) is 11.0. The van der Waals surface area contributed by atoms with Crippen molar-refractivity contribution in [3.05, 3.63) is 54.1 Å². The number of rotatable bonds is 6. The van der Waals surface area contributed by atoms with E-state index in [1.165, 1.54) is 0 Å². The molecule has 1 N–H and O–H groups in total. The van der Waals surface area contributed by atoms with E-state index in [1.54, 1.807) is 35.2 Å². The standard InChI is InChI=1S/C21H26N2O4S/c1-4-12-23-18-11-10-17(13-19(18)27-15-21(2,3)20(23)24)22-28(25,26)14-16-8-6-5-7-9-16/h5-11,13,22H,4,12,14-15H2,1-3H3. The van der Waals surface area contributed by atoms with Crippen molar-refractivity contribution in [2.45, 2.75) is 32.9 Å². The molecule has 1 heterocycles. The van der Waals surface area contributed by atoms with E-state index in [1.807, 2.05) is 39.0 Å². The van der Waals surface area contributed by atoms with E-state index < -0.39 is 15.4 Å². The zero-order chi connectivity index (χ0) is 20.4. The van der Waals surface area contributed by atoms with Crippen molar-refractivity contribution in [3.63, 3.8) is 0 Å². The number of carbonyl (C=O) groups excluding carboxylic acids is 1. The molecule has 0 radical (unpaired) electrons. The summed E-state index contributed by atoms with van der Waals surface area (Å²) in [7, 11) is -3.57. The molecule has 3 rings (SSSR count). The number of hydrogen-bond donors (Lipinski definition) is 1. The third kappa shape index (κ3) is 4.47. The average Bonchev–Trinajstić information content (AvgIpc) is 2.72. The molecule has 0 fully saturated rings. The van der Waals surface area contributed by atoms with Gasteiger partial charge in [0.2, 0.25) is 15.9 Å². The Hall–Kier alpha value is -2.54. The molecule has 0 atom stereocenters. The lowest BCUT2D eigenvalue weighted by Gasteiger charge is -2.27. The summed E-state index contributed by atoms with van der Waals surface area (Å²) in [6.45, 7) is 6.54. The van der Waals surface area contributed by atoms with Gasteiger partial charge in [-0.1, -0.05) is 37.3 Å². The summed E-state index contributed by atoms with van der Waals surface area (Å²) in [5.74, 6) is 0.400. The SMILES string of the molecule is CCCN1C(=O)C(C)(C)COc2cc(NS(=O)(=O)Cc3ccccc3)ccc21. The summed E-state index contributed by atoms with van der Waals surface area (Å²) in [6, 6.07) is 14.1. The van der Waals surface area contributed by atoms with E-state index in [2.05, 4.69) is 4.72 Å². The highest BCUT2D eigenvalue weighted by molar-refractivity contribution is 7.91. The number of fused-ring (bicyclic) bond motifs is 1. The first kappa shape index (κ1) is 20.2. The molecule has 1 aliphatic rings. The Kier molecular flexibility index (Phi) is 5.65. The van der Waals surface area contributed by atoms with Gasteiger partial charge in [0.15, 0.2) is 0 Å². The largest absolute Gasteiger partial charge is 0.490 e. The van der Waals surface area contributed by atoms with Crippen LogP contribution in [-0.2, 0) is 20.6 Å². The number of carbonyl (C=O) groups is 1. The van der Waals surface area contributed by atoms with E-state index in [0.29, 0.717) is 29.2 Å². The number of benzene rings is 2. The fourth-order valence-electron chi connectivity index (χ4n) is 3.17. The van der Waals surface area contributed by atoms with Crippen LogP contribution in [0.15, 0.2) is 48.5 Å². The van der Waals surface area contributed by atoms with Crippen LogP contribution in [0, 0.1) is 5.41 Å². The molecule has 7 heteroatoms. The van der Waals surface area contributed by atoms with Gasteiger partial charge < -0.3 is 9.64 Å². The van der Waals surface area contributed by atoms with E-state index in [4.69, 9.17) is 4.74 Å². The summed E-state index contributed by atoms with van der Waals surface area (Å²) in [6.07, 6.45) is 0.812. The first-order chi connectivity index (χ1) is 13.2. The molecular weight excluding hydrogens is 376 g/mol. The van der Waals surface area contributed by atoms with Gasteiger partial charge in [-0.25, -0.2) is 8.42 Å². The van der Waals surface area contributed by atoms with Gasteiger partial charge in [0, 0.05) is 12.6 Å². The van der Waals surface area contributed by atoms with Gasteiger partial charge in [-0.2, -0.15) is 0 Å². The van der Waals surface area contributed by atoms with Crippen molar-refractivity contribution < 1.29 is 17.9 Å². The number of sulfonamides is 1. The minimum absolute atomic E-state index is 0.00510. The summed E-state index contributed by atoms with van der Waals surface area (Å²) in [4.78, 5) is 14.6. The maximum Gasteiger partial charge on any atom is 0.236 e. The van der Waals surface area contributed by atoms with Crippen LogP contribution in [0.4, 0.5) is 11.4 Å². The van der Waals surface area contributed by atoms with Crippen molar-refractivity contribution in [2.24, 2.45) is 5.41 Å². The molecule has 28 heavy (non-hydrogen) atoms. The predicted molar refractivity (Wildman–Crippen MR) is 111 cm³/mol. The lowest BCUT2D eigenvalue weighted by molar-refractivity contribution is -0.127. The second-order valence-corrected chi connectivity index (χ2v) is 9.38. The number of nitrogens with zero attached hydrogens (tertiary/aromatic N) is 1. The van der Waals surface area contributed by atoms with Crippen LogP contribution in [0.25, 0.3) is 0 Å². The van der Waals surface area contributed by atoms with Gasteiger partial charge in [0.1, 0.15) is 12.4 Å². The molecule has 0 spiro atoms. The Balaban J connectivity index is 1.87. The highest BCUT2D eigenvalue weighted by atomic mass is 32.2. The Labute approximate surface area is 166 Å². The highest BCUT2D eigenvalue weighted by Crippen LogP contribution is 2.38. The van der Waals surface area contributed by atoms with Gasteiger partial charge in [-0.3, -0.25) is 9.52 Å². The van der Waals surface area contributed by atoms with Crippen molar-refractivity contribution in [3.8, 4) is 5.75 Å². The number of nitrogens with one attached hydrogen (secondary N) is 1. The molecule has 0 unspecified atom stereocenters. The molecular formula is C21H26N2O4S. The van der Waals surface area contributed by atoms with Crippen LogP contribution in [0.1, 0.15) is 32.8 Å². The van der Waals surface area contributed by atoms with Crippen LogP contribution in [-0.4, -0.2) is 27.5 Å². The molecule has 2 aromatic carbocycles. The zero-order valence-corrected chi connectivity index (χ0v) is 17.3. The third-order valence-corrected chi connectivity index (χ3v) is 5.84. The smallest absolute Gasteiger partial charge is 0.236 e. The fraction of sp³-hybridized carbons (Fsp3) is 0.381. The summed E-state index contributed by atoms with van der Waals surface area (Å²) >= 11 is 0. The quantitative estimate of drug-likeness (QED) is 0.798. The van der Waals surface area contributed by atoms with Crippen LogP contribution in [0.2, 0.25) is 0 Å².